The molecule has 1 aromatic carbocycles. The van der Waals surface area contributed by atoms with E-state index in [-0.39, 0.29) is 24.3 Å². The summed E-state index contributed by atoms with van der Waals surface area (Å²) in [5, 5.41) is 17.5. The minimum absolute atomic E-state index is 0.00898. The molecule has 140 valence electrons. The second-order valence-electron chi connectivity index (χ2n) is 6.96. The zero-order valence-corrected chi connectivity index (χ0v) is 15.1. The van der Waals surface area contributed by atoms with Crippen molar-refractivity contribution in [2.45, 2.75) is 32.6 Å². The Labute approximate surface area is 152 Å². The van der Waals surface area contributed by atoms with Crippen molar-refractivity contribution in [1.29, 1.82) is 0 Å². The average Bonchev–Trinajstić information content (AvgIpc) is 3.07. The fourth-order valence-electron chi connectivity index (χ4n) is 3.40. The summed E-state index contributed by atoms with van der Waals surface area (Å²) in [5.74, 6) is 0.809. The van der Waals surface area contributed by atoms with E-state index in [2.05, 4.69) is 14.9 Å². The maximum atomic E-state index is 12.6. The van der Waals surface area contributed by atoms with E-state index in [9.17, 15) is 9.90 Å². The van der Waals surface area contributed by atoms with Crippen molar-refractivity contribution in [3.8, 4) is 5.75 Å². The molecule has 7 nitrogen and oxygen atoms in total. The van der Waals surface area contributed by atoms with Gasteiger partial charge in [-0.3, -0.25) is 4.79 Å². The molecule has 1 amide bonds. The van der Waals surface area contributed by atoms with Gasteiger partial charge in [-0.1, -0.05) is 28.5 Å². The molecule has 1 N–H and O–H groups in total. The Morgan fingerprint density at radius 3 is 2.85 bits per heavy atom. The van der Waals surface area contributed by atoms with Crippen LogP contribution in [0.4, 0.5) is 0 Å². The molecule has 1 aliphatic heterocycles. The van der Waals surface area contributed by atoms with E-state index in [1.165, 1.54) is 0 Å². The third kappa shape index (κ3) is 4.40. The number of carbonyl (C=O) groups is 1. The lowest BCUT2D eigenvalue weighted by molar-refractivity contribution is -0.135. The van der Waals surface area contributed by atoms with Crippen LogP contribution in [-0.4, -0.2) is 52.5 Å². The molecule has 0 unspecified atom stereocenters. The summed E-state index contributed by atoms with van der Waals surface area (Å²) < 4.78 is 10.5. The molecule has 26 heavy (non-hydrogen) atoms. The predicted octanol–water partition coefficient (Wildman–Crippen LogP) is 1.99. The Kier molecular flexibility index (Phi) is 5.88. The molecule has 0 radical (unpaired) electrons. The van der Waals surface area contributed by atoms with Crippen LogP contribution in [0.3, 0.4) is 0 Å². The van der Waals surface area contributed by atoms with Gasteiger partial charge in [0, 0.05) is 18.5 Å². The van der Waals surface area contributed by atoms with E-state index >= 15 is 0 Å². The summed E-state index contributed by atoms with van der Waals surface area (Å²) in [4.78, 5) is 14.4. The molecule has 1 aliphatic rings. The molecular weight excluding hydrogens is 334 g/mol. The number of piperidine rings is 1. The summed E-state index contributed by atoms with van der Waals surface area (Å²) in [7, 11) is 0. The number of para-hydroxylation sites is 1. The fraction of sp³-hybridized carbons (Fsp3) is 0.526. The van der Waals surface area contributed by atoms with Crippen molar-refractivity contribution >= 4 is 5.91 Å². The zero-order valence-electron chi connectivity index (χ0n) is 15.1. The third-order valence-electron chi connectivity index (χ3n) is 5.06. The van der Waals surface area contributed by atoms with Crippen LogP contribution in [0.2, 0.25) is 0 Å². The highest BCUT2D eigenvalue weighted by atomic mass is 16.6. The molecule has 3 rings (SSSR count). The minimum atomic E-state index is -0.320. The van der Waals surface area contributed by atoms with Gasteiger partial charge in [0.1, 0.15) is 17.1 Å². The summed E-state index contributed by atoms with van der Waals surface area (Å²) in [6, 6.07) is 9.63. The van der Waals surface area contributed by atoms with Crippen molar-refractivity contribution in [2.75, 3.05) is 26.3 Å². The highest BCUT2D eigenvalue weighted by Gasteiger charge is 2.36. The van der Waals surface area contributed by atoms with Crippen LogP contribution in [-0.2, 0) is 11.2 Å². The number of aryl methyl sites for hydroxylation is 1. The molecule has 2 heterocycles. The first-order chi connectivity index (χ1) is 12.6. The van der Waals surface area contributed by atoms with Gasteiger partial charge in [-0.05, 0) is 38.3 Å². The van der Waals surface area contributed by atoms with E-state index in [0.29, 0.717) is 37.5 Å². The average molecular weight is 359 g/mol. The summed E-state index contributed by atoms with van der Waals surface area (Å²) >= 11 is 0. The topological polar surface area (TPSA) is 88.7 Å². The van der Waals surface area contributed by atoms with Gasteiger partial charge in [0.2, 0.25) is 5.91 Å². The number of ether oxygens (including phenoxy) is 1. The van der Waals surface area contributed by atoms with Gasteiger partial charge in [-0.2, -0.15) is 0 Å². The van der Waals surface area contributed by atoms with Crippen LogP contribution in [0.15, 0.2) is 35.0 Å². The first-order valence-electron chi connectivity index (χ1n) is 8.96. The van der Waals surface area contributed by atoms with E-state index in [1.54, 1.807) is 6.92 Å². The molecule has 0 spiro atoms. The maximum absolute atomic E-state index is 12.6. The van der Waals surface area contributed by atoms with Crippen LogP contribution in [0.25, 0.3) is 0 Å². The van der Waals surface area contributed by atoms with Crippen LogP contribution < -0.4 is 4.74 Å². The Balaban J connectivity index is 1.57. The number of carbonyl (C=O) groups excluding carboxylic acids is 1. The third-order valence-corrected chi connectivity index (χ3v) is 5.06. The number of benzene rings is 1. The van der Waals surface area contributed by atoms with E-state index in [0.717, 1.165) is 18.6 Å². The Morgan fingerprint density at radius 1 is 1.35 bits per heavy atom. The zero-order chi connectivity index (χ0) is 18.4. The number of rotatable bonds is 7. The largest absolute Gasteiger partial charge is 0.494 e. The van der Waals surface area contributed by atoms with Crippen LogP contribution in [0.1, 0.15) is 30.7 Å². The lowest BCUT2D eigenvalue weighted by Crippen LogP contribution is -2.49. The van der Waals surface area contributed by atoms with Gasteiger partial charge in [-0.25, -0.2) is 4.63 Å². The van der Waals surface area contributed by atoms with Crippen LogP contribution in [0.5, 0.6) is 5.75 Å². The molecule has 2 aromatic rings. The quantitative estimate of drug-likeness (QED) is 0.813. The van der Waals surface area contributed by atoms with Gasteiger partial charge in [-0.15, -0.1) is 0 Å². The van der Waals surface area contributed by atoms with Gasteiger partial charge in [0.25, 0.3) is 0 Å². The van der Waals surface area contributed by atoms with Gasteiger partial charge in [0.05, 0.1) is 19.6 Å². The highest BCUT2D eigenvalue weighted by molar-refractivity contribution is 5.78. The second-order valence-corrected chi connectivity index (χ2v) is 6.96. The predicted molar refractivity (Wildman–Crippen MR) is 94.6 cm³/mol. The van der Waals surface area contributed by atoms with E-state index in [1.807, 2.05) is 35.2 Å². The van der Waals surface area contributed by atoms with Crippen molar-refractivity contribution in [2.24, 2.45) is 5.41 Å². The number of aliphatic hydroxyl groups excluding tert-OH is 1. The van der Waals surface area contributed by atoms with Gasteiger partial charge >= 0.3 is 0 Å². The standard InChI is InChI=1S/C19H25N3O4/c1-15-17(21-26-20-15)12-18(24)22-10-5-8-19(13-22,14-23)9-11-25-16-6-3-2-4-7-16/h2-4,6-7,23H,5,8-14H2,1H3/t19-/m1/s1. The molecule has 1 atom stereocenters. The molecule has 1 saturated heterocycles. The smallest absolute Gasteiger partial charge is 0.228 e. The van der Waals surface area contributed by atoms with Gasteiger partial charge < -0.3 is 14.7 Å². The SMILES string of the molecule is Cc1nonc1CC(=O)N1CCC[C@@](CO)(CCOc2ccccc2)C1. The van der Waals surface area contributed by atoms with E-state index < -0.39 is 0 Å². The number of likely N-dealkylation sites (tertiary alicyclic amines) is 1. The monoisotopic (exact) mass is 359 g/mol. The summed E-state index contributed by atoms with van der Waals surface area (Å²) in [6.07, 6.45) is 2.63. The number of amides is 1. The summed E-state index contributed by atoms with van der Waals surface area (Å²) in [5.41, 5.74) is 0.891. The maximum Gasteiger partial charge on any atom is 0.228 e. The molecular formula is C19H25N3O4. The Bertz CT molecular complexity index is 719. The molecule has 0 bridgehead atoms. The van der Waals surface area contributed by atoms with Crippen LogP contribution in [0, 0.1) is 12.3 Å². The van der Waals surface area contributed by atoms with Crippen molar-refractivity contribution in [3.63, 3.8) is 0 Å². The minimum Gasteiger partial charge on any atom is -0.494 e. The van der Waals surface area contributed by atoms with E-state index in [4.69, 9.17) is 4.74 Å². The molecule has 0 aliphatic carbocycles. The lowest BCUT2D eigenvalue weighted by atomic mass is 9.78. The Morgan fingerprint density at radius 2 is 2.15 bits per heavy atom. The first kappa shape index (κ1) is 18.4. The van der Waals surface area contributed by atoms with Crippen molar-refractivity contribution < 1.29 is 19.3 Å². The number of hydrogen-bond donors (Lipinski definition) is 1. The molecule has 1 aromatic heterocycles. The lowest BCUT2D eigenvalue weighted by Gasteiger charge is -2.41. The first-order valence-corrected chi connectivity index (χ1v) is 8.96. The number of nitrogens with zero attached hydrogens (tertiary/aromatic N) is 3. The van der Waals surface area contributed by atoms with Crippen molar-refractivity contribution in [1.82, 2.24) is 15.2 Å². The number of aliphatic hydroxyl groups is 1. The summed E-state index contributed by atoms with van der Waals surface area (Å²) in [6.45, 7) is 3.56. The van der Waals surface area contributed by atoms with Crippen LogP contribution >= 0.6 is 0 Å². The Hall–Kier alpha value is -2.41. The normalized spacial score (nSPS) is 20.2. The van der Waals surface area contributed by atoms with Gasteiger partial charge in [0.15, 0.2) is 0 Å². The fourth-order valence-corrected chi connectivity index (χ4v) is 3.40. The molecule has 0 saturated carbocycles. The highest BCUT2D eigenvalue weighted by Crippen LogP contribution is 2.33. The molecule has 1 fully saturated rings. The second kappa shape index (κ2) is 8.31. The molecule has 7 heteroatoms. The number of aromatic nitrogens is 2. The van der Waals surface area contributed by atoms with Crippen molar-refractivity contribution in [3.05, 3.63) is 41.7 Å². The number of hydrogen-bond acceptors (Lipinski definition) is 6.